The molecule has 3 aromatic rings. The van der Waals surface area contributed by atoms with Gasteiger partial charge in [-0.15, -0.1) is 11.3 Å². The van der Waals surface area contributed by atoms with E-state index in [0.29, 0.717) is 28.3 Å². The van der Waals surface area contributed by atoms with Crippen LogP contribution in [0.5, 0.6) is 11.5 Å². The van der Waals surface area contributed by atoms with Crippen molar-refractivity contribution in [1.29, 1.82) is 0 Å². The van der Waals surface area contributed by atoms with Crippen molar-refractivity contribution in [3.8, 4) is 22.1 Å². The average molecular weight is 466 g/mol. The van der Waals surface area contributed by atoms with Gasteiger partial charge in [0.15, 0.2) is 11.5 Å². The van der Waals surface area contributed by atoms with E-state index >= 15 is 0 Å². The third-order valence-electron chi connectivity index (χ3n) is 3.76. The lowest BCUT2D eigenvalue weighted by molar-refractivity contribution is 0.0463. The van der Waals surface area contributed by atoms with Gasteiger partial charge in [-0.3, -0.25) is 0 Å². The summed E-state index contributed by atoms with van der Waals surface area (Å²) in [4.78, 5) is 16.6. The van der Waals surface area contributed by atoms with Crippen LogP contribution >= 0.6 is 27.3 Å². The highest BCUT2D eigenvalue weighted by Gasteiger charge is 2.15. The van der Waals surface area contributed by atoms with E-state index in [0.717, 1.165) is 10.6 Å². The quantitative estimate of drug-likeness (QED) is 0.432. The van der Waals surface area contributed by atoms with Crippen molar-refractivity contribution >= 4 is 33.2 Å². The first-order chi connectivity index (χ1) is 13.5. The van der Waals surface area contributed by atoms with Crippen LogP contribution in [-0.2, 0) is 11.3 Å². The Bertz CT molecular complexity index is 992. The number of hydrogen-bond donors (Lipinski definition) is 0. The summed E-state index contributed by atoms with van der Waals surface area (Å²) in [6.45, 7) is 2.41. The zero-order valence-electron chi connectivity index (χ0n) is 15.2. The Morgan fingerprint density at radius 1 is 1.21 bits per heavy atom. The maximum absolute atomic E-state index is 13.8. The zero-order chi connectivity index (χ0) is 20.1. The van der Waals surface area contributed by atoms with Crippen LogP contribution < -0.4 is 9.47 Å². The summed E-state index contributed by atoms with van der Waals surface area (Å²) in [5, 5.41) is 2.55. The Morgan fingerprint density at radius 3 is 2.75 bits per heavy atom. The SMILES string of the molecule is CCOc1ccc(-c2nc(COC(=O)c3ccc(Br)cc3F)cs2)cc1OC. The second-order valence-corrected chi connectivity index (χ2v) is 7.42. The van der Waals surface area contributed by atoms with Crippen molar-refractivity contribution in [2.75, 3.05) is 13.7 Å². The van der Waals surface area contributed by atoms with E-state index in [2.05, 4.69) is 20.9 Å². The predicted molar refractivity (Wildman–Crippen MR) is 108 cm³/mol. The number of methoxy groups -OCH3 is 1. The van der Waals surface area contributed by atoms with E-state index in [1.807, 2.05) is 25.1 Å². The molecule has 0 saturated carbocycles. The highest BCUT2D eigenvalue weighted by Crippen LogP contribution is 2.34. The maximum Gasteiger partial charge on any atom is 0.341 e. The number of thiazole rings is 1. The molecular weight excluding hydrogens is 449 g/mol. The van der Waals surface area contributed by atoms with Gasteiger partial charge in [-0.2, -0.15) is 0 Å². The molecular formula is C20H17BrFNO4S. The summed E-state index contributed by atoms with van der Waals surface area (Å²) in [5.74, 6) is -0.0914. The number of ether oxygens (including phenoxy) is 3. The van der Waals surface area contributed by atoms with E-state index in [9.17, 15) is 9.18 Å². The number of benzene rings is 2. The summed E-state index contributed by atoms with van der Waals surface area (Å²) >= 11 is 4.57. The molecule has 0 saturated heterocycles. The van der Waals surface area contributed by atoms with Gasteiger partial charge in [0.1, 0.15) is 17.4 Å². The summed E-state index contributed by atoms with van der Waals surface area (Å²) in [6, 6.07) is 9.74. The molecule has 1 heterocycles. The second kappa shape index (κ2) is 9.16. The van der Waals surface area contributed by atoms with E-state index in [1.54, 1.807) is 18.6 Å². The lowest BCUT2D eigenvalue weighted by Crippen LogP contribution is -2.07. The number of carbonyl (C=O) groups excluding carboxylic acids is 1. The van der Waals surface area contributed by atoms with E-state index in [-0.39, 0.29) is 12.2 Å². The van der Waals surface area contributed by atoms with Crippen molar-refractivity contribution in [3.63, 3.8) is 0 Å². The largest absolute Gasteiger partial charge is 0.493 e. The van der Waals surface area contributed by atoms with Crippen LogP contribution in [0.4, 0.5) is 4.39 Å². The van der Waals surface area contributed by atoms with Crippen LogP contribution in [0.15, 0.2) is 46.3 Å². The first kappa shape index (κ1) is 20.3. The van der Waals surface area contributed by atoms with Crippen LogP contribution in [0.3, 0.4) is 0 Å². The Labute approximate surface area is 174 Å². The van der Waals surface area contributed by atoms with Gasteiger partial charge in [-0.25, -0.2) is 14.2 Å². The zero-order valence-corrected chi connectivity index (χ0v) is 17.6. The minimum atomic E-state index is -0.734. The van der Waals surface area contributed by atoms with Crippen LogP contribution in [0.2, 0.25) is 0 Å². The van der Waals surface area contributed by atoms with Crippen molar-refractivity contribution in [2.45, 2.75) is 13.5 Å². The topological polar surface area (TPSA) is 57.7 Å². The Hall–Kier alpha value is -2.45. The maximum atomic E-state index is 13.8. The highest BCUT2D eigenvalue weighted by atomic mass is 79.9. The van der Waals surface area contributed by atoms with Gasteiger partial charge in [0, 0.05) is 15.4 Å². The number of hydrogen-bond acceptors (Lipinski definition) is 6. The van der Waals surface area contributed by atoms with Gasteiger partial charge in [0.25, 0.3) is 0 Å². The molecule has 0 aliphatic rings. The van der Waals surface area contributed by atoms with Crippen LogP contribution in [0.1, 0.15) is 23.0 Å². The smallest absolute Gasteiger partial charge is 0.341 e. The standard InChI is InChI=1S/C20H17BrFNO4S/c1-3-26-17-7-4-12(8-18(17)25-2)19-23-14(11-28-19)10-27-20(24)15-6-5-13(21)9-16(15)22/h4-9,11H,3,10H2,1-2H3. The van der Waals surface area contributed by atoms with E-state index in [4.69, 9.17) is 14.2 Å². The molecule has 0 spiro atoms. The summed E-state index contributed by atoms with van der Waals surface area (Å²) in [7, 11) is 1.58. The number of nitrogens with zero attached hydrogens (tertiary/aromatic N) is 1. The summed E-state index contributed by atoms with van der Waals surface area (Å²) in [5.41, 5.74) is 1.33. The lowest BCUT2D eigenvalue weighted by Gasteiger charge is -2.10. The monoisotopic (exact) mass is 465 g/mol. The third-order valence-corrected chi connectivity index (χ3v) is 5.20. The average Bonchev–Trinajstić information content (AvgIpc) is 3.15. The Kier molecular flexibility index (Phi) is 6.64. The Balaban J connectivity index is 1.69. The molecule has 0 atom stereocenters. The molecule has 5 nitrogen and oxygen atoms in total. The molecule has 0 bridgehead atoms. The molecule has 0 unspecified atom stereocenters. The molecule has 8 heteroatoms. The van der Waals surface area contributed by atoms with Crippen LogP contribution in [0.25, 0.3) is 10.6 Å². The summed E-state index contributed by atoms with van der Waals surface area (Å²) in [6.07, 6.45) is 0. The second-order valence-electron chi connectivity index (χ2n) is 5.64. The molecule has 1 aromatic heterocycles. The lowest BCUT2D eigenvalue weighted by atomic mass is 10.2. The molecule has 0 fully saturated rings. The number of rotatable bonds is 7. The molecule has 0 amide bonds. The van der Waals surface area contributed by atoms with Gasteiger partial charge >= 0.3 is 5.97 Å². The van der Waals surface area contributed by atoms with Gasteiger partial charge in [0.2, 0.25) is 0 Å². The van der Waals surface area contributed by atoms with Gasteiger partial charge in [-0.1, -0.05) is 15.9 Å². The number of esters is 1. The van der Waals surface area contributed by atoms with Gasteiger partial charge < -0.3 is 14.2 Å². The Morgan fingerprint density at radius 2 is 2.04 bits per heavy atom. The highest BCUT2D eigenvalue weighted by molar-refractivity contribution is 9.10. The minimum absolute atomic E-state index is 0.0427. The van der Waals surface area contributed by atoms with Gasteiger partial charge in [-0.05, 0) is 43.3 Å². The molecule has 146 valence electrons. The van der Waals surface area contributed by atoms with E-state index in [1.165, 1.54) is 23.5 Å². The first-order valence-corrected chi connectivity index (χ1v) is 10.1. The van der Waals surface area contributed by atoms with Crippen LogP contribution in [0, 0.1) is 5.82 Å². The molecule has 0 N–H and O–H groups in total. The predicted octanol–water partition coefficient (Wildman–Crippen LogP) is 5.48. The molecule has 0 aliphatic carbocycles. The fourth-order valence-corrected chi connectivity index (χ4v) is 3.59. The fraction of sp³-hybridized carbons (Fsp3) is 0.200. The molecule has 0 aliphatic heterocycles. The first-order valence-electron chi connectivity index (χ1n) is 8.39. The van der Waals surface area contributed by atoms with Crippen molar-refractivity contribution in [2.24, 2.45) is 0 Å². The number of carbonyl (C=O) groups is 1. The van der Waals surface area contributed by atoms with Crippen LogP contribution in [-0.4, -0.2) is 24.7 Å². The molecule has 28 heavy (non-hydrogen) atoms. The molecule has 3 rings (SSSR count). The van der Waals surface area contributed by atoms with Crippen molar-refractivity contribution in [1.82, 2.24) is 4.98 Å². The number of aromatic nitrogens is 1. The van der Waals surface area contributed by atoms with E-state index < -0.39 is 11.8 Å². The fourth-order valence-electron chi connectivity index (χ4n) is 2.45. The minimum Gasteiger partial charge on any atom is -0.493 e. The normalized spacial score (nSPS) is 10.6. The molecule has 0 radical (unpaired) electrons. The van der Waals surface area contributed by atoms with Crippen molar-refractivity contribution in [3.05, 3.63) is 63.3 Å². The molecule has 2 aromatic carbocycles. The number of halogens is 2. The van der Waals surface area contributed by atoms with Gasteiger partial charge in [0.05, 0.1) is 25.0 Å². The van der Waals surface area contributed by atoms with Crippen molar-refractivity contribution < 1.29 is 23.4 Å². The summed E-state index contributed by atoms with van der Waals surface area (Å²) < 4.78 is 30.5. The third kappa shape index (κ3) is 4.69.